The number of hydrogen-bond donors (Lipinski definition) is 1. The number of isocyanates is 1. The molecule has 1 aromatic rings. The smallest absolute Gasteiger partial charge is 0.410 e. The van der Waals surface area contributed by atoms with E-state index in [2.05, 4.69) is 10.3 Å². The van der Waals surface area contributed by atoms with Gasteiger partial charge in [-0.3, -0.25) is 0 Å². The molecule has 1 amide bonds. The van der Waals surface area contributed by atoms with Crippen LogP contribution in [0.15, 0.2) is 29.3 Å². The molecular formula is C18H25N3O3. The van der Waals surface area contributed by atoms with Crippen LogP contribution in [-0.4, -0.2) is 42.3 Å². The van der Waals surface area contributed by atoms with E-state index in [1.165, 1.54) is 6.08 Å². The second kappa shape index (κ2) is 7.97. The van der Waals surface area contributed by atoms with Gasteiger partial charge in [-0.1, -0.05) is 0 Å². The van der Waals surface area contributed by atoms with Gasteiger partial charge in [-0.25, -0.2) is 9.59 Å². The van der Waals surface area contributed by atoms with Crippen LogP contribution in [-0.2, 0) is 9.53 Å². The Kier molecular flexibility index (Phi) is 5.99. The van der Waals surface area contributed by atoms with Crippen LogP contribution in [0, 0.1) is 5.92 Å². The third-order valence-electron chi connectivity index (χ3n) is 3.81. The van der Waals surface area contributed by atoms with Gasteiger partial charge in [0.2, 0.25) is 6.08 Å². The highest BCUT2D eigenvalue weighted by Crippen LogP contribution is 2.21. The molecule has 1 aromatic carbocycles. The Morgan fingerprint density at radius 2 is 2.08 bits per heavy atom. The lowest BCUT2D eigenvalue weighted by Gasteiger charge is -2.34. The first kappa shape index (κ1) is 18.0. The molecule has 1 fully saturated rings. The number of ether oxygens (including phenoxy) is 1. The summed E-state index contributed by atoms with van der Waals surface area (Å²) < 4.78 is 5.45. The molecule has 1 aliphatic heterocycles. The first-order valence-electron chi connectivity index (χ1n) is 8.27. The molecule has 130 valence electrons. The largest absolute Gasteiger partial charge is 0.444 e. The van der Waals surface area contributed by atoms with Crippen molar-refractivity contribution in [2.24, 2.45) is 10.9 Å². The number of piperidine rings is 1. The van der Waals surface area contributed by atoms with Crippen LogP contribution < -0.4 is 5.32 Å². The van der Waals surface area contributed by atoms with E-state index in [4.69, 9.17) is 4.74 Å². The standard InChI is InChI=1S/C18H25N3O3/c1-18(2,3)24-17(23)21-10-4-5-14(12-21)11-19-15-6-8-16(9-7-15)20-13-22/h6-9,14,19H,4-5,10-12H2,1-3H3. The van der Waals surface area contributed by atoms with E-state index in [0.29, 0.717) is 18.2 Å². The lowest BCUT2D eigenvalue weighted by Crippen LogP contribution is -2.44. The van der Waals surface area contributed by atoms with Gasteiger partial charge in [0.15, 0.2) is 0 Å². The fourth-order valence-corrected chi connectivity index (χ4v) is 2.69. The molecule has 1 atom stereocenters. The number of carbonyl (C=O) groups is 1. The molecule has 0 saturated carbocycles. The van der Waals surface area contributed by atoms with E-state index in [9.17, 15) is 9.59 Å². The molecule has 0 aliphatic carbocycles. The Morgan fingerprint density at radius 1 is 1.38 bits per heavy atom. The predicted molar refractivity (Wildman–Crippen MR) is 93.2 cm³/mol. The average Bonchev–Trinajstić information content (AvgIpc) is 2.53. The highest BCUT2D eigenvalue weighted by molar-refractivity contribution is 5.68. The molecule has 1 N–H and O–H groups in total. The number of hydrogen-bond acceptors (Lipinski definition) is 5. The number of nitrogens with zero attached hydrogens (tertiary/aromatic N) is 2. The van der Waals surface area contributed by atoms with Crippen molar-refractivity contribution in [3.8, 4) is 0 Å². The summed E-state index contributed by atoms with van der Waals surface area (Å²) in [6.45, 7) is 7.89. The zero-order chi connectivity index (χ0) is 17.6. The van der Waals surface area contributed by atoms with Gasteiger partial charge in [-0.2, -0.15) is 4.99 Å². The maximum atomic E-state index is 12.2. The molecule has 6 nitrogen and oxygen atoms in total. The molecule has 24 heavy (non-hydrogen) atoms. The van der Waals surface area contributed by atoms with Crippen LogP contribution >= 0.6 is 0 Å². The number of amides is 1. The normalized spacial score (nSPS) is 17.8. The molecule has 1 saturated heterocycles. The summed E-state index contributed by atoms with van der Waals surface area (Å²) in [4.78, 5) is 27.7. The number of aliphatic imine (C=N–C) groups is 1. The molecule has 0 aromatic heterocycles. The van der Waals surface area contributed by atoms with Crippen LogP contribution in [0.25, 0.3) is 0 Å². The van der Waals surface area contributed by atoms with E-state index in [-0.39, 0.29) is 6.09 Å². The Balaban J connectivity index is 1.84. The van der Waals surface area contributed by atoms with Gasteiger partial charge < -0.3 is 15.0 Å². The number of rotatable bonds is 4. The zero-order valence-electron chi connectivity index (χ0n) is 14.5. The summed E-state index contributed by atoms with van der Waals surface area (Å²) in [6, 6.07) is 7.29. The maximum absolute atomic E-state index is 12.2. The summed E-state index contributed by atoms with van der Waals surface area (Å²) >= 11 is 0. The fraction of sp³-hybridized carbons (Fsp3) is 0.556. The van der Waals surface area contributed by atoms with Gasteiger partial charge in [-0.05, 0) is 63.8 Å². The predicted octanol–water partition coefficient (Wildman–Crippen LogP) is 3.71. The van der Waals surface area contributed by atoms with Crippen molar-refractivity contribution in [3.63, 3.8) is 0 Å². The van der Waals surface area contributed by atoms with E-state index < -0.39 is 5.60 Å². The van der Waals surface area contributed by atoms with E-state index >= 15 is 0 Å². The van der Waals surface area contributed by atoms with Gasteiger partial charge in [0, 0.05) is 25.3 Å². The van der Waals surface area contributed by atoms with Gasteiger partial charge in [0.1, 0.15) is 5.60 Å². The van der Waals surface area contributed by atoms with Gasteiger partial charge in [0.05, 0.1) is 5.69 Å². The number of carbonyl (C=O) groups excluding carboxylic acids is 2. The van der Waals surface area contributed by atoms with Crippen LogP contribution in [0.1, 0.15) is 33.6 Å². The molecular weight excluding hydrogens is 306 g/mol. The van der Waals surface area contributed by atoms with E-state index in [1.54, 1.807) is 17.0 Å². The van der Waals surface area contributed by atoms with Crippen molar-refractivity contribution in [2.45, 2.75) is 39.2 Å². The Morgan fingerprint density at radius 3 is 2.71 bits per heavy atom. The van der Waals surface area contributed by atoms with Crippen molar-refractivity contribution in [1.29, 1.82) is 0 Å². The third kappa shape index (κ3) is 5.70. The van der Waals surface area contributed by atoms with Crippen LogP contribution in [0.4, 0.5) is 16.2 Å². The molecule has 6 heteroatoms. The fourth-order valence-electron chi connectivity index (χ4n) is 2.69. The Bertz CT molecular complexity index is 601. The molecule has 2 rings (SSSR count). The topological polar surface area (TPSA) is 71.0 Å². The first-order chi connectivity index (χ1) is 11.4. The van der Waals surface area contributed by atoms with Crippen LogP contribution in [0.5, 0.6) is 0 Å². The van der Waals surface area contributed by atoms with E-state index in [1.807, 2.05) is 32.9 Å². The third-order valence-corrected chi connectivity index (χ3v) is 3.81. The van der Waals surface area contributed by atoms with Gasteiger partial charge >= 0.3 is 6.09 Å². The second-order valence-electron chi connectivity index (χ2n) is 7.07. The minimum absolute atomic E-state index is 0.233. The minimum atomic E-state index is -0.464. The number of likely N-dealkylation sites (tertiary alicyclic amines) is 1. The Hall–Kier alpha value is -2.33. The molecule has 1 aliphatic rings. The Labute approximate surface area is 142 Å². The quantitative estimate of drug-likeness (QED) is 0.674. The summed E-state index contributed by atoms with van der Waals surface area (Å²) in [6.07, 6.45) is 3.36. The summed E-state index contributed by atoms with van der Waals surface area (Å²) in [5, 5.41) is 3.37. The van der Waals surface area contributed by atoms with Crippen LogP contribution in [0.3, 0.4) is 0 Å². The molecule has 0 radical (unpaired) electrons. The summed E-state index contributed by atoms with van der Waals surface area (Å²) in [5.41, 5.74) is 1.09. The average molecular weight is 331 g/mol. The number of anilines is 1. The molecule has 1 unspecified atom stereocenters. The minimum Gasteiger partial charge on any atom is -0.444 e. The van der Waals surface area contributed by atoms with Crippen molar-refractivity contribution >= 4 is 23.5 Å². The maximum Gasteiger partial charge on any atom is 0.410 e. The summed E-state index contributed by atoms with van der Waals surface area (Å²) in [5.74, 6) is 0.388. The first-order valence-corrected chi connectivity index (χ1v) is 8.27. The highest BCUT2D eigenvalue weighted by Gasteiger charge is 2.27. The zero-order valence-corrected chi connectivity index (χ0v) is 14.5. The molecule has 0 spiro atoms. The second-order valence-corrected chi connectivity index (χ2v) is 7.07. The van der Waals surface area contributed by atoms with Gasteiger partial charge in [-0.15, -0.1) is 0 Å². The van der Waals surface area contributed by atoms with Crippen molar-refractivity contribution in [3.05, 3.63) is 24.3 Å². The SMILES string of the molecule is CC(C)(C)OC(=O)N1CCCC(CNc2ccc(N=C=O)cc2)C1. The van der Waals surface area contributed by atoms with Gasteiger partial charge in [0.25, 0.3) is 0 Å². The molecule has 0 bridgehead atoms. The van der Waals surface area contributed by atoms with Crippen molar-refractivity contribution < 1.29 is 14.3 Å². The highest BCUT2D eigenvalue weighted by atomic mass is 16.6. The summed E-state index contributed by atoms with van der Waals surface area (Å²) in [7, 11) is 0. The molecule has 1 heterocycles. The van der Waals surface area contributed by atoms with Crippen LogP contribution in [0.2, 0.25) is 0 Å². The van der Waals surface area contributed by atoms with E-state index in [0.717, 1.165) is 31.6 Å². The van der Waals surface area contributed by atoms with Crippen molar-refractivity contribution in [1.82, 2.24) is 4.90 Å². The number of benzene rings is 1. The monoisotopic (exact) mass is 331 g/mol. The number of nitrogens with one attached hydrogen (secondary N) is 1. The lowest BCUT2D eigenvalue weighted by molar-refractivity contribution is 0.0172. The van der Waals surface area contributed by atoms with Crippen molar-refractivity contribution in [2.75, 3.05) is 25.0 Å². The lowest BCUT2D eigenvalue weighted by atomic mass is 9.98.